The number of hydrogen-bond acceptors (Lipinski definition) is 30. The summed E-state index contributed by atoms with van der Waals surface area (Å²) in [6, 6.07) is 47.6. The van der Waals surface area contributed by atoms with Gasteiger partial charge in [0.15, 0.2) is 29.0 Å². The van der Waals surface area contributed by atoms with Crippen molar-refractivity contribution in [3.63, 3.8) is 0 Å². The molecular formula is C103H131ClN20O11. The van der Waals surface area contributed by atoms with E-state index in [4.69, 9.17) is 74.9 Å². The smallest absolute Gasteiger partial charge is 0.356 e. The summed E-state index contributed by atoms with van der Waals surface area (Å²) in [4.78, 5) is 68.8. The van der Waals surface area contributed by atoms with Crippen molar-refractivity contribution < 1.29 is 53.6 Å². The summed E-state index contributed by atoms with van der Waals surface area (Å²) in [7, 11) is 16.8. The van der Waals surface area contributed by atoms with E-state index >= 15 is 0 Å². The first-order valence-corrected chi connectivity index (χ1v) is 47.7. The van der Waals surface area contributed by atoms with Crippen molar-refractivity contribution in [2.75, 3.05) is 149 Å². The van der Waals surface area contributed by atoms with Crippen molar-refractivity contribution in [2.24, 2.45) is 0 Å². The maximum absolute atomic E-state index is 12.3. The van der Waals surface area contributed by atoms with Gasteiger partial charge in [-0.15, -0.1) is 0 Å². The van der Waals surface area contributed by atoms with Crippen LogP contribution in [0.5, 0.6) is 23.0 Å². The number of carbonyl (C=O) groups excluding carboxylic acids is 1. The SMILES string of the molecule is CNCC(O)COc1cc(Cl)cc(-c2nc(C(=O)OC)cc(N(C)C3CCOCC3)n2)c1.CNCC(O)COc1cccc(-c2nc(-c3cccc(C#N)c3)cc(N(C)C3CCCCC3)n2)c1.CNCC(O)COc1cccc(-c2nc(-c3cnc4nccn4c3)cc(N(C)C3CCCCC3)n2)c1.CNCC(O)COc1cccc(-c2nc(C3=CCCC3)cc(N(C)C3CCCCC3)n2)c1. The molecule has 0 amide bonds. The van der Waals surface area contributed by atoms with E-state index in [1.54, 1.807) is 57.7 Å². The zero-order chi connectivity index (χ0) is 95.0. The van der Waals surface area contributed by atoms with Gasteiger partial charge in [-0.3, -0.25) is 4.40 Å². The minimum Gasteiger partial charge on any atom is -0.491 e. The number of halogens is 1. The molecule has 7 heterocycles. The number of allylic oxidation sites excluding steroid dienone is 2. The van der Waals surface area contributed by atoms with Crippen molar-refractivity contribution in [1.82, 2.24) is 75.5 Å². The summed E-state index contributed by atoms with van der Waals surface area (Å²) in [6.45, 7) is 3.95. The van der Waals surface area contributed by atoms with Crippen LogP contribution in [0.25, 0.3) is 79.4 Å². The second-order valence-corrected chi connectivity index (χ2v) is 35.5. The molecule has 4 aliphatic carbocycles. The molecule has 32 heteroatoms. The number of aliphatic hydroxyl groups excluding tert-OH is 4. The largest absolute Gasteiger partial charge is 0.491 e. The molecule has 6 aromatic heterocycles. The highest BCUT2D eigenvalue weighted by molar-refractivity contribution is 6.31. The van der Waals surface area contributed by atoms with Gasteiger partial charge in [-0.05, 0) is 171 Å². The van der Waals surface area contributed by atoms with E-state index in [0.29, 0.717) is 126 Å². The molecule has 4 unspecified atom stereocenters. The first kappa shape index (κ1) is 101. The van der Waals surface area contributed by atoms with E-state index in [9.17, 15) is 30.5 Å². The quantitative estimate of drug-likeness (QED) is 0.0169. The number of nitrogens with zero attached hydrogens (tertiary/aromatic N) is 16. The Morgan fingerprint density at radius 2 is 0.874 bits per heavy atom. The Hall–Kier alpha value is -11.9. The van der Waals surface area contributed by atoms with Crippen LogP contribution in [0.15, 0.2) is 170 Å². The minimum atomic E-state index is -0.666. The maximum Gasteiger partial charge on any atom is 0.356 e. The van der Waals surface area contributed by atoms with Gasteiger partial charge in [0.05, 0.1) is 35.8 Å². The number of nitriles is 1. The first-order chi connectivity index (χ1) is 65.7. The number of fused-ring (bicyclic) bond motifs is 1. The monoisotopic (exact) mass is 1860 g/mol. The zero-order valence-corrected chi connectivity index (χ0v) is 79.9. The highest BCUT2D eigenvalue weighted by atomic mass is 35.5. The lowest BCUT2D eigenvalue weighted by atomic mass is 9.94. The van der Waals surface area contributed by atoms with Gasteiger partial charge in [-0.2, -0.15) is 5.26 Å². The molecule has 11 aromatic rings. The molecule has 8 N–H and O–H groups in total. The van der Waals surface area contributed by atoms with Gasteiger partial charge in [0.1, 0.15) is 97.1 Å². The van der Waals surface area contributed by atoms with Gasteiger partial charge in [-0.1, -0.05) is 124 Å². The molecule has 31 nitrogen and oxygen atoms in total. The highest BCUT2D eigenvalue weighted by Gasteiger charge is 2.29. The minimum absolute atomic E-state index is 0.0986. The van der Waals surface area contributed by atoms with Crippen LogP contribution >= 0.6 is 11.6 Å². The number of anilines is 4. The summed E-state index contributed by atoms with van der Waals surface area (Å²) < 4.78 is 35.4. The van der Waals surface area contributed by atoms with Crippen LogP contribution < -0.4 is 59.8 Å². The molecular weight excluding hydrogens is 1730 g/mol. The number of benzene rings is 5. The lowest BCUT2D eigenvalue weighted by molar-refractivity contribution is 0.0593. The molecule has 1 saturated heterocycles. The van der Waals surface area contributed by atoms with E-state index in [0.717, 1.165) is 107 Å². The average Bonchev–Trinajstić information content (AvgIpc) is 1.78. The Balaban J connectivity index is 0.000000153. The Bertz CT molecular complexity index is 5690. The van der Waals surface area contributed by atoms with Crippen LogP contribution in [0.2, 0.25) is 5.02 Å². The predicted octanol–water partition coefficient (Wildman–Crippen LogP) is 14.6. The fourth-order valence-corrected chi connectivity index (χ4v) is 17.6. The third-order valence-electron chi connectivity index (χ3n) is 24.9. The molecule has 0 bridgehead atoms. The van der Waals surface area contributed by atoms with Crippen LogP contribution in [-0.2, 0) is 9.47 Å². The van der Waals surface area contributed by atoms with Crippen LogP contribution in [0.4, 0.5) is 23.3 Å². The molecule has 716 valence electrons. The number of esters is 1. The van der Waals surface area contributed by atoms with E-state index in [2.05, 4.69) is 90.3 Å². The molecule has 0 spiro atoms. The number of methoxy groups -OCH3 is 1. The van der Waals surface area contributed by atoms with Crippen LogP contribution in [-0.4, -0.2) is 259 Å². The zero-order valence-electron chi connectivity index (χ0n) is 79.2. The Morgan fingerprint density at radius 1 is 0.467 bits per heavy atom. The Labute approximate surface area is 797 Å². The van der Waals surface area contributed by atoms with Crippen LogP contribution in [0.1, 0.15) is 150 Å². The van der Waals surface area contributed by atoms with Crippen molar-refractivity contribution in [3.05, 3.63) is 192 Å². The van der Waals surface area contributed by atoms with Gasteiger partial charge in [0.25, 0.3) is 0 Å². The number of carbonyl (C=O) groups is 1. The van der Waals surface area contributed by atoms with Crippen molar-refractivity contribution in [3.8, 4) is 97.1 Å². The summed E-state index contributed by atoms with van der Waals surface area (Å²) in [5.74, 6) is 8.25. The standard InChI is InChI=1S/C28H33N5O2.C27H33N7O2.C26H36N4O2.C22H29ClN4O5/c1-30-18-24(34)19-35-25-13-7-10-22(15-25)28-31-26(21-9-6-8-20(14-21)17-29)16-27(32-28)33(2)23-11-4-3-5-12-23;1-28-16-22(35)18-36-23-10-6-7-19(13-23)26-31-24(20-15-30-27-29-11-12-34(27)17-20)14-25(32-26)33(2)21-8-4-3-5-9-21;1-27-17-22(31)18-32-23-14-8-11-20(15-23)26-28-24(19-9-6-7-10-19)16-25(29-26)30(2)21-12-4-3-5-13-21;1-24-12-17(28)13-32-18-9-14(8-15(23)10-18)21-25-19(22(29)30-3)11-20(26-21)27(2)16-4-6-31-7-5-16/h6-10,13-16,23-24,30,34H,3-5,11-12,18-19H2,1-2H3;6-7,10-15,17,21-22,28,35H,3-5,8-9,16,18H2,1-2H3;8-9,11,14-16,21-22,27,31H,3-7,10,12-13,17-18H2,1-2H3;8-11,16-17,24,28H,4-7,12-13H2,1-3H3. The fourth-order valence-electron chi connectivity index (χ4n) is 17.4. The maximum atomic E-state index is 12.3. The van der Waals surface area contributed by atoms with E-state index in [1.807, 2.05) is 145 Å². The lowest BCUT2D eigenvalue weighted by Crippen LogP contribution is -2.37. The summed E-state index contributed by atoms with van der Waals surface area (Å²) in [5, 5.41) is 61.4. The first-order valence-electron chi connectivity index (χ1n) is 47.3. The van der Waals surface area contributed by atoms with E-state index < -0.39 is 30.4 Å². The average molecular weight is 1860 g/mol. The normalized spacial score (nSPS) is 15.7. The molecule has 16 rings (SSSR count). The number of imidazole rings is 1. The second-order valence-electron chi connectivity index (χ2n) is 35.0. The number of nitrogens with one attached hydrogen (secondary N) is 4. The third kappa shape index (κ3) is 29.1. The number of aromatic nitrogens is 11. The number of aliphatic hydroxyl groups is 4. The van der Waals surface area contributed by atoms with E-state index in [1.165, 1.54) is 103 Å². The van der Waals surface area contributed by atoms with Crippen LogP contribution in [0, 0.1) is 11.3 Å². The summed E-state index contributed by atoms with van der Waals surface area (Å²) >= 11 is 6.30. The molecule has 5 aromatic carbocycles. The number of rotatable bonds is 36. The molecule has 135 heavy (non-hydrogen) atoms. The van der Waals surface area contributed by atoms with E-state index in [-0.39, 0.29) is 38.2 Å². The molecule has 3 saturated carbocycles. The fraction of sp³-hybridized carbons (Fsp3) is 0.456. The molecule has 0 radical (unpaired) electrons. The topological polar surface area (TPSA) is 372 Å². The Morgan fingerprint density at radius 3 is 1.32 bits per heavy atom. The number of ether oxygens (including phenoxy) is 6. The van der Waals surface area contributed by atoms with Gasteiger partial charge in [0, 0.05) is 179 Å². The second kappa shape index (κ2) is 51.1. The third-order valence-corrected chi connectivity index (χ3v) is 25.1. The highest BCUT2D eigenvalue weighted by Crippen LogP contribution is 2.38. The summed E-state index contributed by atoms with van der Waals surface area (Å²) in [6.07, 6.45) is 31.1. The lowest BCUT2D eigenvalue weighted by Gasteiger charge is -2.32. The Kier molecular flexibility index (Phi) is 38.1. The molecule has 4 atom stereocenters. The predicted molar refractivity (Wildman–Crippen MR) is 530 cm³/mol. The molecule has 5 aliphatic rings. The summed E-state index contributed by atoms with van der Waals surface area (Å²) in [5.41, 5.74) is 9.69. The van der Waals surface area contributed by atoms with Gasteiger partial charge in [0.2, 0.25) is 5.78 Å². The van der Waals surface area contributed by atoms with Gasteiger partial charge in [-0.25, -0.2) is 54.6 Å². The van der Waals surface area contributed by atoms with Gasteiger partial charge < -0.3 is 89.7 Å². The molecule has 1 aliphatic heterocycles. The van der Waals surface area contributed by atoms with Crippen LogP contribution in [0.3, 0.4) is 0 Å². The molecule has 4 fully saturated rings. The van der Waals surface area contributed by atoms with Crippen molar-refractivity contribution in [1.29, 1.82) is 5.26 Å². The number of hydrogen-bond donors (Lipinski definition) is 8. The van der Waals surface area contributed by atoms with Gasteiger partial charge >= 0.3 is 5.97 Å². The van der Waals surface area contributed by atoms with Crippen molar-refractivity contribution in [2.45, 2.75) is 177 Å². The number of likely N-dealkylation sites (N-methyl/N-ethyl adjacent to an activating group) is 4. The van der Waals surface area contributed by atoms with Crippen molar-refractivity contribution >= 4 is 52.2 Å².